The van der Waals surface area contributed by atoms with Crippen molar-refractivity contribution in [2.24, 2.45) is 0 Å². The van der Waals surface area contributed by atoms with Crippen LogP contribution in [0.4, 0.5) is 5.69 Å². The van der Waals surface area contributed by atoms with Crippen LogP contribution in [-0.4, -0.2) is 42.8 Å². The van der Waals surface area contributed by atoms with Crippen molar-refractivity contribution in [2.75, 3.05) is 25.0 Å². The molecule has 1 heterocycles. The molecule has 2 rings (SSSR count). The Balaban J connectivity index is 2.49. The first-order chi connectivity index (χ1) is 8.87. The Bertz CT molecular complexity index is 528. The van der Waals surface area contributed by atoms with Crippen LogP contribution in [-0.2, 0) is 4.79 Å². The summed E-state index contributed by atoms with van der Waals surface area (Å²) in [6.07, 6.45) is 0.796. The first-order valence-corrected chi connectivity index (χ1v) is 6.53. The van der Waals surface area contributed by atoms with E-state index < -0.39 is 5.54 Å². The molecule has 5 heteroatoms. The SMILES string of the molecule is CN1CCN(c2cc(Cl)ccc2C=O)C(C)(C)C1=O. The zero-order valence-electron chi connectivity index (χ0n) is 11.3. The van der Waals surface area contributed by atoms with Crippen molar-refractivity contribution in [3.63, 3.8) is 0 Å². The highest BCUT2D eigenvalue weighted by Gasteiger charge is 2.41. The van der Waals surface area contributed by atoms with Gasteiger partial charge in [0.25, 0.3) is 0 Å². The number of hydrogen-bond acceptors (Lipinski definition) is 3. The van der Waals surface area contributed by atoms with Gasteiger partial charge in [-0.3, -0.25) is 9.59 Å². The number of piperazine rings is 1. The molecule has 1 fully saturated rings. The zero-order valence-corrected chi connectivity index (χ0v) is 12.1. The molecule has 0 bridgehead atoms. The Morgan fingerprint density at radius 1 is 1.32 bits per heavy atom. The fraction of sp³-hybridized carbons (Fsp3) is 0.429. The molecule has 0 aromatic heterocycles. The number of likely N-dealkylation sites (N-methyl/N-ethyl adjacent to an activating group) is 1. The molecule has 19 heavy (non-hydrogen) atoms. The average molecular weight is 281 g/mol. The van der Waals surface area contributed by atoms with E-state index in [1.54, 1.807) is 30.1 Å². The molecule has 1 aliphatic rings. The second-order valence-corrected chi connectivity index (χ2v) is 5.69. The summed E-state index contributed by atoms with van der Waals surface area (Å²) in [7, 11) is 1.79. The fourth-order valence-electron chi connectivity index (χ4n) is 2.49. The summed E-state index contributed by atoms with van der Waals surface area (Å²) in [4.78, 5) is 27.1. The maximum atomic E-state index is 12.3. The van der Waals surface area contributed by atoms with Crippen molar-refractivity contribution >= 4 is 29.5 Å². The van der Waals surface area contributed by atoms with Crippen LogP contribution in [0.1, 0.15) is 24.2 Å². The lowest BCUT2D eigenvalue weighted by Gasteiger charge is -2.46. The Kier molecular flexibility index (Phi) is 3.54. The van der Waals surface area contributed by atoms with E-state index in [0.717, 1.165) is 6.29 Å². The van der Waals surface area contributed by atoms with Crippen LogP contribution < -0.4 is 4.90 Å². The summed E-state index contributed by atoms with van der Waals surface area (Å²) in [6.45, 7) is 5.03. The van der Waals surface area contributed by atoms with E-state index in [2.05, 4.69) is 0 Å². The predicted molar refractivity (Wildman–Crippen MR) is 75.9 cm³/mol. The van der Waals surface area contributed by atoms with Gasteiger partial charge >= 0.3 is 0 Å². The molecule has 0 aliphatic carbocycles. The molecule has 0 radical (unpaired) electrons. The number of aldehydes is 1. The van der Waals surface area contributed by atoms with Gasteiger partial charge in [0.05, 0.1) is 0 Å². The Morgan fingerprint density at radius 3 is 2.63 bits per heavy atom. The van der Waals surface area contributed by atoms with Crippen molar-refractivity contribution in [3.05, 3.63) is 28.8 Å². The summed E-state index contributed by atoms with van der Waals surface area (Å²) in [5.74, 6) is 0.0376. The molecular weight excluding hydrogens is 264 g/mol. The lowest BCUT2D eigenvalue weighted by Crippen LogP contribution is -2.62. The summed E-state index contributed by atoms with van der Waals surface area (Å²) in [5.41, 5.74) is 0.582. The average Bonchev–Trinajstić information content (AvgIpc) is 2.36. The molecule has 0 spiro atoms. The molecule has 4 nitrogen and oxygen atoms in total. The molecule has 102 valence electrons. The maximum absolute atomic E-state index is 12.3. The lowest BCUT2D eigenvalue weighted by atomic mass is 9.95. The van der Waals surface area contributed by atoms with Gasteiger partial charge in [-0.1, -0.05) is 11.6 Å². The van der Waals surface area contributed by atoms with Gasteiger partial charge in [0.1, 0.15) is 5.54 Å². The molecular formula is C14H17ClN2O2. The number of hydrogen-bond donors (Lipinski definition) is 0. The minimum absolute atomic E-state index is 0.0376. The summed E-state index contributed by atoms with van der Waals surface area (Å²) in [6, 6.07) is 5.11. The largest absolute Gasteiger partial charge is 0.355 e. The highest BCUT2D eigenvalue weighted by atomic mass is 35.5. The van der Waals surface area contributed by atoms with Crippen molar-refractivity contribution in [1.82, 2.24) is 4.90 Å². The van der Waals surface area contributed by atoms with Gasteiger partial charge in [0, 0.05) is 36.4 Å². The minimum atomic E-state index is -0.685. The smallest absolute Gasteiger partial charge is 0.247 e. The van der Waals surface area contributed by atoms with Gasteiger partial charge in [-0.15, -0.1) is 0 Å². The van der Waals surface area contributed by atoms with Gasteiger partial charge in [-0.25, -0.2) is 0 Å². The first-order valence-electron chi connectivity index (χ1n) is 6.16. The van der Waals surface area contributed by atoms with Gasteiger partial charge in [0.2, 0.25) is 5.91 Å². The van der Waals surface area contributed by atoms with Gasteiger partial charge in [-0.2, -0.15) is 0 Å². The van der Waals surface area contributed by atoms with E-state index in [4.69, 9.17) is 11.6 Å². The van der Waals surface area contributed by atoms with Gasteiger partial charge < -0.3 is 9.80 Å². The van der Waals surface area contributed by atoms with Gasteiger partial charge in [0.15, 0.2) is 6.29 Å². The summed E-state index contributed by atoms with van der Waals surface area (Å²) >= 11 is 6.01. The van der Waals surface area contributed by atoms with E-state index in [9.17, 15) is 9.59 Å². The standard InChI is InChI=1S/C14H17ClN2O2/c1-14(2)13(19)16(3)6-7-17(14)12-8-11(15)5-4-10(12)9-18/h4-5,8-9H,6-7H2,1-3H3. The van der Waals surface area contributed by atoms with E-state index in [1.165, 1.54) is 0 Å². The molecule has 0 unspecified atom stereocenters. The van der Waals surface area contributed by atoms with Crippen LogP contribution in [0.5, 0.6) is 0 Å². The second-order valence-electron chi connectivity index (χ2n) is 5.26. The fourth-order valence-corrected chi connectivity index (χ4v) is 2.65. The van der Waals surface area contributed by atoms with Crippen molar-refractivity contribution in [2.45, 2.75) is 19.4 Å². The van der Waals surface area contributed by atoms with Crippen molar-refractivity contribution in [1.29, 1.82) is 0 Å². The van der Waals surface area contributed by atoms with Crippen molar-refractivity contribution < 1.29 is 9.59 Å². The number of halogens is 1. The lowest BCUT2D eigenvalue weighted by molar-refractivity contribution is -0.136. The summed E-state index contributed by atoms with van der Waals surface area (Å²) < 4.78 is 0. The number of nitrogens with zero attached hydrogens (tertiary/aromatic N) is 2. The topological polar surface area (TPSA) is 40.6 Å². The molecule has 1 aromatic carbocycles. The second kappa shape index (κ2) is 4.85. The molecule has 0 N–H and O–H groups in total. The highest BCUT2D eigenvalue weighted by Crippen LogP contribution is 2.32. The third-order valence-electron chi connectivity index (χ3n) is 3.61. The molecule has 1 saturated heterocycles. The number of anilines is 1. The van der Waals surface area contributed by atoms with E-state index >= 15 is 0 Å². The van der Waals surface area contributed by atoms with Crippen LogP contribution in [0.25, 0.3) is 0 Å². The zero-order chi connectivity index (χ0) is 14.2. The normalized spacial score (nSPS) is 18.6. The maximum Gasteiger partial charge on any atom is 0.247 e. The quantitative estimate of drug-likeness (QED) is 0.780. The Labute approximate surface area is 117 Å². The van der Waals surface area contributed by atoms with Crippen molar-refractivity contribution in [3.8, 4) is 0 Å². The number of amides is 1. The highest BCUT2D eigenvalue weighted by molar-refractivity contribution is 6.31. The van der Waals surface area contributed by atoms with E-state index in [0.29, 0.717) is 29.4 Å². The van der Waals surface area contributed by atoms with Crippen LogP contribution in [0, 0.1) is 0 Å². The molecule has 1 amide bonds. The Morgan fingerprint density at radius 2 is 2.00 bits per heavy atom. The number of rotatable bonds is 2. The number of benzene rings is 1. The third-order valence-corrected chi connectivity index (χ3v) is 3.85. The number of carbonyl (C=O) groups excluding carboxylic acids is 2. The molecule has 0 atom stereocenters. The van der Waals surface area contributed by atoms with Crippen LogP contribution in [0.3, 0.4) is 0 Å². The van der Waals surface area contributed by atoms with Crippen LogP contribution >= 0.6 is 11.6 Å². The van der Waals surface area contributed by atoms with Crippen LogP contribution in [0.15, 0.2) is 18.2 Å². The van der Waals surface area contributed by atoms with Gasteiger partial charge in [-0.05, 0) is 32.0 Å². The third kappa shape index (κ3) is 2.32. The van der Waals surface area contributed by atoms with Crippen LogP contribution in [0.2, 0.25) is 5.02 Å². The molecule has 1 aliphatic heterocycles. The Hall–Kier alpha value is -1.55. The number of carbonyl (C=O) groups is 2. The minimum Gasteiger partial charge on any atom is -0.355 e. The van der Waals surface area contributed by atoms with E-state index in [1.807, 2.05) is 18.7 Å². The summed E-state index contributed by atoms with van der Waals surface area (Å²) in [5, 5.41) is 0.558. The molecule has 1 aromatic rings. The predicted octanol–water partition coefficient (Wildman–Crippen LogP) is 2.21. The van der Waals surface area contributed by atoms with E-state index in [-0.39, 0.29) is 5.91 Å². The first kappa shape index (κ1) is 13.9. The molecule has 0 saturated carbocycles. The monoisotopic (exact) mass is 280 g/mol.